The molecule has 1 unspecified atom stereocenters. The summed E-state index contributed by atoms with van der Waals surface area (Å²) >= 11 is 4.03. The summed E-state index contributed by atoms with van der Waals surface area (Å²) in [6.45, 7) is 2.34. The van der Waals surface area contributed by atoms with Crippen LogP contribution < -0.4 is 5.32 Å². The second kappa shape index (κ2) is 7.25. The molecule has 0 bridgehead atoms. The van der Waals surface area contributed by atoms with Gasteiger partial charge in [0, 0.05) is 17.2 Å². The minimum Gasteiger partial charge on any atom is -0.316 e. The second-order valence-electron chi connectivity index (χ2n) is 4.10. The molecule has 1 aromatic carbocycles. The van der Waals surface area contributed by atoms with Crippen molar-refractivity contribution in [3.05, 3.63) is 30.3 Å². The zero-order valence-corrected chi connectivity index (χ0v) is 11.2. The molecule has 0 aromatic heterocycles. The van der Waals surface area contributed by atoms with Gasteiger partial charge in [0.15, 0.2) is 0 Å². The Kier molecular flexibility index (Phi) is 5.59. The Morgan fingerprint density at radius 1 is 1.31 bits per heavy atom. The lowest BCUT2D eigenvalue weighted by Crippen LogP contribution is -2.24. The van der Waals surface area contributed by atoms with Crippen molar-refractivity contribution >= 4 is 23.5 Å². The van der Waals surface area contributed by atoms with Crippen LogP contribution in [0.5, 0.6) is 0 Å². The number of thioether (sulfide) groups is 2. The summed E-state index contributed by atoms with van der Waals surface area (Å²) in [5, 5.41) is 3.56. The van der Waals surface area contributed by atoms with Crippen molar-refractivity contribution in [3.8, 4) is 0 Å². The monoisotopic (exact) mass is 253 g/mol. The van der Waals surface area contributed by atoms with Crippen LogP contribution in [0.3, 0.4) is 0 Å². The summed E-state index contributed by atoms with van der Waals surface area (Å²) in [7, 11) is 0. The van der Waals surface area contributed by atoms with Crippen LogP contribution in [-0.4, -0.2) is 30.3 Å². The zero-order valence-electron chi connectivity index (χ0n) is 9.52. The molecule has 0 saturated carbocycles. The first kappa shape index (κ1) is 12.3. The molecule has 1 N–H and O–H groups in total. The van der Waals surface area contributed by atoms with Gasteiger partial charge < -0.3 is 5.32 Å². The third-order valence-corrected chi connectivity index (χ3v) is 4.99. The Morgan fingerprint density at radius 2 is 2.19 bits per heavy atom. The Bertz CT molecular complexity index is 283. The summed E-state index contributed by atoms with van der Waals surface area (Å²) in [5.74, 6) is 4.82. The molecular formula is C13H19NS2. The largest absolute Gasteiger partial charge is 0.316 e. The predicted octanol–water partition coefficient (Wildman–Crippen LogP) is 3.12. The van der Waals surface area contributed by atoms with E-state index in [0.29, 0.717) is 0 Å². The highest BCUT2D eigenvalue weighted by Crippen LogP contribution is 2.22. The molecular weight excluding hydrogens is 234 g/mol. The molecule has 3 heteroatoms. The van der Waals surface area contributed by atoms with Gasteiger partial charge in [0.05, 0.1) is 0 Å². The molecule has 2 rings (SSSR count). The first-order valence-corrected chi connectivity index (χ1v) is 8.05. The molecule has 0 spiro atoms. The van der Waals surface area contributed by atoms with Gasteiger partial charge in [-0.05, 0) is 42.5 Å². The van der Waals surface area contributed by atoms with Crippen LogP contribution in [-0.2, 0) is 0 Å². The maximum atomic E-state index is 3.56. The van der Waals surface area contributed by atoms with E-state index in [1.165, 1.54) is 35.1 Å². The Balaban J connectivity index is 1.52. The molecule has 0 radical (unpaired) electrons. The van der Waals surface area contributed by atoms with Gasteiger partial charge in [0.1, 0.15) is 0 Å². The van der Waals surface area contributed by atoms with Gasteiger partial charge in [-0.15, -0.1) is 11.8 Å². The van der Waals surface area contributed by atoms with Gasteiger partial charge in [-0.25, -0.2) is 0 Å². The highest BCUT2D eigenvalue weighted by atomic mass is 32.2. The molecule has 1 aliphatic rings. The van der Waals surface area contributed by atoms with E-state index in [-0.39, 0.29) is 0 Å². The minimum atomic E-state index is 0.923. The normalized spacial score (nSPS) is 20.1. The van der Waals surface area contributed by atoms with Gasteiger partial charge in [0.25, 0.3) is 0 Å². The quantitative estimate of drug-likeness (QED) is 0.618. The van der Waals surface area contributed by atoms with Crippen molar-refractivity contribution in [2.45, 2.75) is 11.3 Å². The highest BCUT2D eigenvalue weighted by molar-refractivity contribution is 7.99. The average molecular weight is 253 g/mol. The Hall–Kier alpha value is -0.120. The molecule has 16 heavy (non-hydrogen) atoms. The van der Waals surface area contributed by atoms with E-state index in [1.54, 1.807) is 0 Å². The summed E-state index contributed by atoms with van der Waals surface area (Å²) in [6, 6.07) is 10.6. The van der Waals surface area contributed by atoms with Gasteiger partial charge >= 0.3 is 0 Å². The van der Waals surface area contributed by atoms with Crippen molar-refractivity contribution in [3.63, 3.8) is 0 Å². The third kappa shape index (κ3) is 4.40. The fraction of sp³-hybridized carbons (Fsp3) is 0.538. The van der Waals surface area contributed by atoms with Crippen LogP contribution in [0.15, 0.2) is 35.2 Å². The second-order valence-corrected chi connectivity index (χ2v) is 6.41. The SMILES string of the molecule is c1ccc(SCCNCC2CCSC2)cc1. The van der Waals surface area contributed by atoms with Crippen molar-refractivity contribution in [2.75, 3.05) is 30.3 Å². The first-order valence-electron chi connectivity index (χ1n) is 5.91. The molecule has 1 heterocycles. The summed E-state index contributed by atoms with van der Waals surface area (Å²) in [6.07, 6.45) is 1.41. The van der Waals surface area contributed by atoms with Gasteiger partial charge in [-0.1, -0.05) is 18.2 Å². The van der Waals surface area contributed by atoms with Crippen LogP contribution in [0, 0.1) is 5.92 Å². The molecule has 0 aliphatic carbocycles. The summed E-state index contributed by atoms with van der Waals surface area (Å²) in [4.78, 5) is 1.38. The average Bonchev–Trinajstić information content (AvgIpc) is 2.83. The minimum absolute atomic E-state index is 0.923. The topological polar surface area (TPSA) is 12.0 Å². The van der Waals surface area contributed by atoms with Gasteiger partial charge in [0.2, 0.25) is 0 Å². The van der Waals surface area contributed by atoms with E-state index < -0.39 is 0 Å². The Labute approximate surface area is 107 Å². The smallest absolute Gasteiger partial charge is 0.0106 e. The predicted molar refractivity (Wildman–Crippen MR) is 75.5 cm³/mol. The van der Waals surface area contributed by atoms with E-state index in [4.69, 9.17) is 0 Å². The fourth-order valence-corrected chi connectivity index (χ4v) is 3.92. The Morgan fingerprint density at radius 3 is 2.94 bits per heavy atom. The summed E-state index contributed by atoms with van der Waals surface area (Å²) < 4.78 is 0. The van der Waals surface area contributed by atoms with E-state index in [2.05, 4.69) is 47.4 Å². The van der Waals surface area contributed by atoms with Gasteiger partial charge in [-0.3, -0.25) is 0 Å². The number of hydrogen-bond acceptors (Lipinski definition) is 3. The zero-order chi connectivity index (χ0) is 11.1. The van der Waals surface area contributed by atoms with Crippen LogP contribution in [0.4, 0.5) is 0 Å². The molecule has 88 valence electrons. The van der Waals surface area contributed by atoms with Crippen LogP contribution >= 0.6 is 23.5 Å². The molecule has 1 aromatic rings. The van der Waals surface area contributed by atoms with E-state index in [1.807, 2.05) is 11.8 Å². The van der Waals surface area contributed by atoms with Gasteiger partial charge in [-0.2, -0.15) is 11.8 Å². The number of rotatable bonds is 6. The fourth-order valence-electron chi connectivity index (χ4n) is 1.81. The molecule has 1 atom stereocenters. The number of benzene rings is 1. The van der Waals surface area contributed by atoms with Crippen LogP contribution in [0.2, 0.25) is 0 Å². The van der Waals surface area contributed by atoms with Crippen LogP contribution in [0.1, 0.15) is 6.42 Å². The first-order chi connectivity index (χ1) is 7.95. The van der Waals surface area contributed by atoms with Crippen LogP contribution in [0.25, 0.3) is 0 Å². The van der Waals surface area contributed by atoms with Crippen molar-refractivity contribution in [1.29, 1.82) is 0 Å². The summed E-state index contributed by atoms with van der Waals surface area (Å²) in [5.41, 5.74) is 0. The van der Waals surface area contributed by atoms with E-state index in [9.17, 15) is 0 Å². The third-order valence-electron chi connectivity index (χ3n) is 2.75. The standard InChI is InChI=1S/C13H19NS2/c1-2-4-13(5-3-1)16-9-7-14-10-12-6-8-15-11-12/h1-5,12,14H,6-11H2. The maximum Gasteiger partial charge on any atom is 0.0106 e. The van der Waals surface area contributed by atoms with Crippen molar-refractivity contribution in [1.82, 2.24) is 5.32 Å². The number of hydrogen-bond donors (Lipinski definition) is 1. The van der Waals surface area contributed by atoms with Crippen molar-refractivity contribution < 1.29 is 0 Å². The molecule has 1 fully saturated rings. The lowest BCUT2D eigenvalue weighted by molar-refractivity contribution is 0.536. The lowest BCUT2D eigenvalue weighted by atomic mass is 10.1. The molecule has 1 nitrogen and oxygen atoms in total. The van der Waals surface area contributed by atoms with E-state index in [0.717, 1.165) is 12.5 Å². The maximum absolute atomic E-state index is 3.56. The highest BCUT2D eigenvalue weighted by Gasteiger charge is 2.14. The number of nitrogens with one attached hydrogen (secondary N) is 1. The lowest BCUT2D eigenvalue weighted by Gasteiger charge is -2.09. The van der Waals surface area contributed by atoms with E-state index >= 15 is 0 Å². The molecule has 1 aliphatic heterocycles. The van der Waals surface area contributed by atoms with Crippen molar-refractivity contribution in [2.24, 2.45) is 5.92 Å². The molecule has 1 saturated heterocycles. The molecule has 0 amide bonds.